The minimum absolute atomic E-state index is 0.00792. The number of nitrogens with zero attached hydrogens (tertiary/aromatic N) is 2. The molecule has 0 atom stereocenters. The number of carbonyl (C=O) groups is 1. The molecule has 0 unspecified atom stereocenters. The van der Waals surface area contributed by atoms with E-state index in [1.807, 2.05) is 41.9 Å². The number of hydrogen-bond acceptors (Lipinski definition) is 2. The highest BCUT2D eigenvalue weighted by molar-refractivity contribution is 5.98. The van der Waals surface area contributed by atoms with Gasteiger partial charge in [0.15, 0.2) is 0 Å². The third-order valence-corrected chi connectivity index (χ3v) is 3.50. The quantitative estimate of drug-likeness (QED) is 0.820. The lowest BCUT2D eigenvalue weighted by Crippen LogP contribution is -2.26. The Labute approximate surface area is 120 Å². The first-order valence-electron chi connectivity index (χ1n) is 7.07. The van der Waals surface area contributed by atoms with Crippen molar-refractivity contribution >= 4 is 16.8 Å². The summed E-state index contributed by atoms with van der Waals surface area (Å²) in [7, 11) is 6.06. The number of amides is 1. The topological polar surface area (TPSA) is 37.3 Å². The molecule has 0 saturated carbocycles. The van der Waals surface area contributed by atoms with E-state index >= 15 is 0 Å². The molecule has 4 heteroatoms. The van der Waals surface area contributed by atoms with Crippen LogP contribution in [-0.4, -0.2) is 42.6 Å². The van der Waals surface area contributed by atoms with Gasteiger partial charge in [-0.15, -0.1) is 0 Å². The molecule has 1 heterocycles. The number of carbonyl (C=O) groups excluding carboxylic acids is 1. The zero-order chi connectivity index (χ0) is 14.5. The monoisotopic (exact) mass is 273 g/mol. The number of aromatic nitrogens is 1. The summed E-state index contributed by atoms with van der Waals surface area (Å²) in [4.78, 5) is 14.3. The Kier molecular flexibility index (Phi) is 4.79. The Bertz CT molecular complexity index is 586. The Hall–Kier alpha value is -1.81. The largest absolute Gasteiger partial charge is 0.351 e. The minimum atomic E-state index is 0.00792. The van der Waals surface area contributed by atoms with Gasteiger partial charge in [-0.3, -0.25) is 4.79 Å². The van der Waals surface area contributed by atoms with Crippen LogP contribution in [0.1, 0.15) is 23.3 Å². The van der Waals surface area contributed by atoms with Crippen LogP contribution in [-0.2, 0) is 7.05 Å². The molecule has 20 heavy (non-hydrogen) atoms. The van der Waals surface area contributed by atoms with E-state index < -0.39 is 0 Å². The van der Waals surface area contributed by atoms with Crippen LogP contribution < -0.4 is 5.32 Å². The number of hydrogen-bond donors (Lipinski definition) is 1. The van der Waals surface area contributed by atoms with Gasteiger partial charge in [0.1, 0.15) is 5.69 Å². The van der Waals surface area contributed by atoms with Crippen LogP contribution in [0.15, 0.2) is 30.3 Å². The first-order chi connectivity index (χ1) is 9.59. The van der Waals surface area contributed by atoms with E-state index in [1.54, 1.807) is 0 Å². The normalized spacial score (nSPS) is 11.2. The maximum absolute atomic E-state index is 12.2. The Morgan fingerprint density at radius 2 is 2.00 bits per heavy atom. The summed E-state index contributed by atoms with van der Waals surface area (Å²) >= 11 is 0. The second-order valence-electron chi connectivity index (χ2n) is 5.41. The van der Waals surface area contributed by atoms with Crippen molar-refractivity contribution in [2.24, 2.45) is 7.05 Å². The molecular weight excluding hydrogens is 250 g/mol. The third kappa shape index (κ3) is 3.39. The molecule has 0 aliphatic rings. The molecule has 4 nitrogen and oxygen atoms in total. The summed E-state index contributed by atoms with van der Waals surface area (Å²) in [5.74, 6) is 0.00792. The minimum Gasteiger partial charge on any atom is -0.351 e. The fraction of sp³-hybridized carbons (Fsp3) is 0.438. The fourth-order valence-corrected chi connectivity index (χ4v) is 2.35. The molecular formula is C16H23N3O. The van der Waals surface area contributed by atoms with Crippen molar-refractivity contribution in [2.75, 3.05) is 27.2 Å². The van der Waals surface area contributed by atoms with Crippen molar-refractivity contribution in [3.63, 3.8) is 0 Å². The van der Waals surface area contributed by atoms with E-state index in [2.05, 4.69) is 24.3 Å². The molecule has 2 rings (SSSR count). The van der Waals surface area contributed by atoms with Gasteiger partial charge in [-0.25, -0.2) is 0 Å². The van der Waals surface area contributed by atoms with Crippen LogP contribution in [0.4, 0.5) is 0 Å². The third-order valence-electron chi connectivity index (χ3n) is 3.50. The predicted molar refractivity (Wildman–Crippen MR) is 83.0 cm³/mol. The molecule has 0 saturated heterocycles. The van der Waals surface area contributed by atoms with E-state index in [0.29, 0.717) is 0 Å². The SMILES string of the molecule is CN(C)CCCCNC(=O)c1cc2ccccc2n1C. The summed E-state index contributed by atoms with van der Waals surface area (Å²) in [6, 6.07) is 9.99. The van der Waals surface area contributed by atoms with Gasteiger partial charge in [0, 0.05) is 24.5 Å². The van der Waals surface area contributed by atoms with Gasteiger partial charge in [-0.2, -0.15) is 0 Å². The molecule has 0 aliphatic carbocycles. The molecule has 1 aromatic carbocycles. The zero-order valence-corrected chi connectivity index (χ0v) is 12.5. The van der Waals surface area contributed by atoms with Crippen LogP contribution >= 0.6 is 0 Å². The van der Waals surface area contributed by atoms with Gasteiger partial charge in [0.05, 0.1) is 0 Å². The second-order valence-corrected chi connectivity index (χ2v) is 5.41. The first kappa shape index (κ1) is 14.6. The molecule has 2 aromatic rings. The van der Waals surface area contributed by atoms with Crippen molar-refractivity contribution in [2.45, 2.75) is 12.8 Å². The standard InChI is InChI=1S/C16H23N3O/c1-18(2)11-7-6-10-17-16(20)15-12-13-8-4-5-9-14(13)19(15)3/h4-5,8-9,12H,6-7,10-11H2,1-3H3,(H,17,20). The van der Waals surface area contributed by atoms with Crippen molar-refractivity contribution in [3.05, 3.63) is 36.0 Å². The van der Waals surface area contributed by atoms with Gasteiger partial charge in [-0.1, -0.05) is 18.2 Å². The first-order valence-corrected chi connectivity index (χ1v) is 7.07. The lowest BCUT2D eigenvalue weighted by molar-refractivity contribution is 0.0945. The molecule has 0 bridgehead atoms. The Morgan fingerprint density at radius 3 is 2.70 bits per heavy atom. The fourth-order valence-electron chi connectivity index (χ4n) is 2.35. The Morgan fingerprint density at radius 1 is 1.25 bits per heavy atom. The summed E-state index contributed by atoms with van der Waals surface area (Å²) in [6.45, 7) is 1.79. The van der Waals surface area contributed by atoms with Crippen molar-refractivity contribution < 1.29 is 4.79 Å². The number of benzene rings is 1. The maximum atomic E-state index is 12.2. The van der Waals surface area contributed by atoms with Gasteiger partial charge in [0.25, 0.3) is 5.91 Å². The number of para-hydroxylation sites is 1. The molecule has 0 spiro atoms. The van der Waals surface area contributed by atoms with E-state index in [9.17, 15) is 4.79 Å². The maximum Gasteiger partial charge on any atom is 0.267 e. The van der Waals surface area contributed by atoms with E-state index in [-0.39, 0.29) is 5.91 Å². The molecule has 1 N–H and O–H groups in total. The molecule has 0 aliphatic heterocycles. The summed E-state index contributed by atoms with van der Waals surface area (Å²) in [6.07, 6.45) is 2.11. The van der Waals surface area contributed by atoms with Crippen LogP contribution in [0.3, 0.4) is 0 Å². The van der Waals surface area contributed by atoms with Crippen LogP contribution in [0.25, 0.3) is 10.9 Å². The van der Waals surface area contributed by atoms with Crippen LogP contribution in [0, 0.1) is 0 Å². The molecule has 0 radical (unpaired) electrons. The van der Waals surface area contributed by atoms with E-state index in [1.165, 1.54) is 0 Å². The van der Waals surface area contributed by atoms with Gasteiger partial charge in [0.2, 0.25) is 0 Å². The van der Waals surface area contributed by atoms with Crippen molar-refractivity contribution in [1.82, 2.24) is 14.8 Å². The highest BCUT2D eigenvalue weighted by Gasteiger charge is 2.12. The van der Waals surface area contributed by atoms with Crippen LogP contribution in [0.5, 0.6) is 0 Å². The number of rotatable bonds is 6. The van der Waals surface area contributed by atoms with E-state index in [0.717, 1.165) is 42.5 Å². The second kappa shape index (κ2) is 6.57. The van der Waals surface area contributed by atoms with E-state index in [4.69, 9.17) is 0 Å². The van der Waals surface area contributed by atoms with Gasteiger partial charge >= 0.3 is 0 Å². The number of nitrogens with one attached hydrogen (secondary N) is 1. The highest BCUT2D eigenvalue weighted by atomic mass is 16.1. The smallest absolute Gasteiger partial charge is 0.267 e. The average molecular weight is 273 g/mol. The molecule has 1 aromatic heterocycles. The average Bonchev–Trinajstić information content (AvgIpc) is 2.76. The molecule has 0 fully saturated rings. The molecule has 1 amide bonds. The highest BCUT2D eigenvalue weighted by Crippen LogP contribution is 2.18. The molecule has 108 valence electrons. The summed E-state index contributed by atoms with van der Waals surface area (Å²) < 4.78 is 1.95. The zero-order valence-electron chi connectivity index (χ0n) is 12.5. The van der Waals surface area contributed by atoms with Crippen LogP contribution in [0.2, 0.25) is 0 Å². The van der Waals surface area contributed by atoms with Crippen molar-refractivity contribution in [3.8, 4) is 0 Å². The number of unbranched alkanes of at least 4 members (excludes halogenated alkanes) is 1. The summed E-state index contributed by atoms with van der Waals surface area (Å²) in [5.41, 5.74) is 1.81. The Balaban J connectivity index is 1.93. The van der Waals surface area contributed by atoms with Gasteiger partial charge < -0.3 is 14.8 Å². The number of fused-ring (bicyclic) bond motifs is 1. The predicted octanol–water partition coefficient (Wildman–Crippen LogP) is 2.25. The lowest BCUT2D eigenvalue weighted by Gasteiger charge is -2.09. The van der Waals surface area contributed by atoms with Crippen molar-refractivity contribution in [1.29, 1.82) is 0 Å². The number of aryl methyl sites for hydroxylation is 1. The van der Waals surface area contributed by atoms with Gasteiger partial charge in [-0.05, 0) is 45.6 Å². The lowest BCUT2D eigenvalue weighted by atomic mass is 10.2. The summed E-state index contributed by atoms with van der Waals surface area (Å²) in [5, 5.41) is 4.10.